The molecule has 1 aliphatic heterocycles. The number of halogens is 1. The fourth-order valence-corrected chi connectivity index (χ4v) is 3.82. The van der Waals surface area contributed by atoms with Crippen LogP contribution in [0.5, 0.6) is 0 Å². The molecule has 3 N–H and O–H groups in total. The Morgan fingerprint density at radius 3 is 2.55 bits per heavy atom. The van der Waals surface area contributed by atoms with E-state index in [0.29, 0.717) is 18.4 Å². The van der Waals surface area contributed by atoms with E-state index in [0.717, 1.165) is 16.5 Å². The van der Waals surface area contributed by atoms with Crippen LogP contribution in [0.1, 0.15) is 30.0 Å². The van der Waals surface area contributed by atoms with E-state index in [4.69, 9.17) is 0 Å². The van der Waals surface area contributed by atoms with E-state index in [1.54, 1.807) is 36.5 Å². The van der Waals surface area contributed by atoms with Gasteiger partial charge in [-0.05, 0) is 53.6 Å². The van der Waals surface area contributed by atoms with E-state index in [-0.39, 0.29) is 42.7 Å². The van der Waals surface area contributed by atoms with E-state index in [1.165, 1.54) is 16.7 Å². The SMILES string of the molecule is O=C1CCC(n2ccc3ccc(CNC(=O)NCCc4ccc(F)cc4)cc3c2=O)C(=O)N1. The number of pyridine rings is 1. The summed E-state index contributed by atoms with van der Waals surface area (Å²) >= 11 is 0. The number of piperidine rings is 1. The zero-order valence-corrected chi connectivity index (χ0v) is 17.8. The lowest BCUT2D eigenvalue weighted by Crippen LogP contribution is -2.44. The van der Waals surface area contributed by atoms with Crippen molar-refractivity contribution in [2.24, 2.45) is 0 Å². The average Bonchev–Trinajstić information content (AvgIpc) is 2.80. The van der Waals surface area contributed by atoms with Gasteiger partial charge in [0.25, 0.3) is 5.56 Å². The number of carbonyl (C=O) groups is 3. The highest BCUT2D eigenvalue weighted by Crippen LogP contribution is 2.19. The van der Waals surface area contributed by atoms with Gasteiger partial charge in [-0.1, -0.05) is 24.3 Å². The molecule has 4 rings (SSSR count). The van der Waals surface area contributed by atoms with Crippen LogP contribution in [0.15, 0.2) is 59.5 Å². The third-order valence-electron chi connectivity index (χ3n) is 5.61. The lowest BCUT2D eigenvalue weighted by Gasteiger charge is -2.23. The molecule has 3 aromatic rings. The van der Waals surface area contributed by atoms with Crippen LogP contribution in [0.25, 0.3) is 10.8 Å². The first-order chi connectivity index (χ1) is 15.9. The summed E-state index contributed by atoms with van der Waals surface area (Å²) in [6.45, 7) is 0.608. The fraction of sp³-hybridized carbons (Fsp3) is 0.250. The molecule has 33 heavy (non-hydrogen) atoms. The van der Waals surface area contributed by atoms with Crippen LogP contribution in [-0.4, -0.2) is 29.0 Å². The van der Waals surface area contributed by atoms with Gasteiger partial charge in [0.05, 0.1) is 0 Å². The van der Waals surface area contributed by atoms with Gasteiger partial charge in [-0.25, -0.2) is 9.18 Å². The minimum absolute atomic E-state index is 0.182. The molecule has 1 atom stereocenters. The van der Waals surface area contributed by atoms with Crippen molar-refractivity contribution < 1.29 is 18.8 Å². The Kier molecular flexibility index (Phi) is 6.48. The van der Waals surface area contributed by atoms with E-state index in [9.17, 15) is 23.6 Å². The molecule has 1 fully saturated rings. The largest absolute Gasteiger partial charge is 0.338 e. The summed E-state index contributed by atoms with van der Waals surface area (Å²) in [5, 5.41) is 8.91. The highest BCUT2D eigenvalue weighted by atomic mass is 19.1. The predicted octanol–water partition coefficient (Wildman–Crippen LogP) is 2.16. The molecule has 1 saturated heterocycles. The van der Waals surface area contributed by atoms with E-state index >= 15 is 0 Å². The van der Waals surface area contributed by atoms with Crippen molar-refractivity contribution in [2.45, 2.75) is 31.8 Å². The standard InChI is InChI=1S/C24H23FN4O4/c25-18-5-2-15(3-6-18)9-11-26-24(33)27-14-16-1-4-17-10-12-29(23(32)19(17)13-16)20-7-8-21(30)28-22(20)31/h1-6,10,12-13,20H,7-9,11,14H2,(H2,26,27,33)(H,28,30,31). The van der Waals surface area contributed by atoms with Crippen LogP contribution in [-0.2, 0) is 22.6 Å². The van der Waals surface area contributed by atoms with Crippen LogP contribution in [0, 0.1) is 5.82 Å². The second kappa shape index (κ2) is 9.64. The first-order valence-electron chi connectivity index (χ1n) is 10.6. The summed E-state index contributed by atoms with van der Waals surface area (Å²) in [5.74, 6) is -1.12. The van der Waals surface area contributed by atoms with Crippen molar-refractivity contribution in [3.63, 3.8) is 0 Å². The molecule has 4 amide bonds. The number of hydrogen-bond donors (Lipinski definition) is 3. The number of hydrogen-bond acceptors (Lipinski definition) is 4. The van der Waals surface area contributed by atoms with Crippen LogP contribution >= 0.6 is 0 Å². The van der Waals surface area contributed by atoms with Gasteiger partial charge in [-0.2, -0.15) is 0 Å². The fourth-order valence-electron chi connectivity index (χ4n) is 3.82. The van der Waals surface area contributed by atoms with Crippen LogP contribution < -0.4 is 21.5 Å². The Hall–Kier alpha value is -4.01. The van der Waals surface area contributed by atoms with Gasteiger partial charge in [-0.15, -0.1) is 0 Å². The topological polar surface area (TPSA) is 109 Å². The minimum atomic E-state index is -0.728. The quantitative estimate of drug-likeness (QED) is 0.500. The molecule has 0 aliphatic carbocycles. The van der Waals surface area contributed by atoms with Gasteiger partial charge < -0.3 is 15.2 Å². The molecular formula is C24H23FN4O4. The van der Waals surface area contributed by atoms with Crippen LogP contribution in [0.2, 0.25) is 0 Å². The molecule has 0 radical (unpaired) electrons. The second-order valence-electron chi connectivity index (χ2n) is 7.90. The van der Waals surface area contributed by atoms with Crippen LogP contribution in [0.4, 0.5) is 9.18 Å². The number of benzene rings is 2. The molecule has 0 spiro atoms. The molecule has 9 heteroatoms. The maximum Gasteiger partial charge on any atom is 0.315 e. The lowest BCUT2D eigenvalue weighted by molar-refractivity contribution is -0.135. The predicted molar refractivity (Wildman–Crippen MR) is 120 cm³/mol. The first-order valence-corrected chi connectivity index (χ1v) is 10.6. The monoisotopic (exact) mass is 450 g/mol. The van der Waals surface area contributed by atoms with Gasteiger partial charge in [0.15, 0.2) is 0 Å². The Balaban J connectivity index is 1.39. The number of amides is 4. The zero-order valence-electron chi connectivity index (χ0n) is 17.8. The maximum atomic E-state index is 13.0. The zero-order chi connectivity index (χ0) is 23.4. The highest BCUT2D eigenvalue weighted by molar-refractivity contribution is 5.99. The second-order valence-corrected chi connectivity index (χ2v) is 7.90. The Morgan fingerprint density at radius 1 is 1.03 bits per heavy atom. The molecule has 0 saturated carbocycles. The number of aromatic nitrogens is 1. The van der Waals surface area contributed by atoms with Crippen LogP contribution in [0.3, 0.4) is 0 Å². The van der Waals surface area contributed by atoms with Gasteiger partial charge in [0.2, 0.25) is 11.8 Å². The summed E-state index contributed by atoms with van der Waals surface area (Å²) < 4.78 is 14.3. The van der Waals surface area contributed by atoms with Crippen molar-refractivity contribution >= 4 is 28.6 Å². The summed E-state index contributed by atoms with van der Waals surface area (Å²) in [6, 6.07) is 12.1. The van der Waals surface area contributed by atoms with Crippen molar-refractivity contribution in [1.29, 1.82) is 0 Å². The molecule has 170 valence electrons. The number of imide groups is 1. The number of rotatable bonds is 6. The molecule has 1 unspecified atom stereocenters. The lowest BCUT2D eigenvalue weighted by atomic mass is 10.0. The molecule has 2 aromatic carbocycles. The van der Waals surface area contributed by atoms with E-state index in [2.05, 4.69) is 16.0 Å². The maximum absolute atomic E-state index is 13.0. The van der Waals surface area contributed by atoms with Crippen molar-refractivity contribution in [3.8, 4) is 0 Å². The van der Waals surface area contributed by atoms with Crippen molar-refractivity contribution in [2.75, 3.05) is 6.54 Å². The Morgan fingerprint density at radius 2 is 1.79 bits per heavy atom. The van der Waals surface area contributed by atoms with Gasteiger partial charge in [0, 0.05) is 31.1 Å². The molecule has 2 heterocycles. The number of nitrogens with one attached hydrogen (secondary N) is 3. The van der Waals surface area contributed by atoms with Crippen molar-refractivity contribution in [1.82, 2.24) is 20.5 Å². The molecule has 1 aliphatic rings. The number of fused-ring (bicyclic) bond motifs is 1. The molecular weight excluding hydrogens is 427 g/mol. The number of carbonyl (C=O) groups excluding carboxylic acids is 3. The van der Waals surface area contributed by atoms with E-state index < -0.39 is 11.9 Å². The number of urea groups is 1. The smallest absolute Gasteiger partial charge is 0.315 e. The summed E-state index contributed by atoms with van der Waals surface area (Å²) in [7, 11) is 0. The summed E-state index contributed by atoms with van der Waals surface area (Å²) in [6.07, 6.45) is 2.59. The summed E-state index contributed by atoms with van der Waals surface area (Å²) in [4.78, 5) is 48.7. The number of nitrogens with zero attached hydrogens (tertiary/aromatic N) is 1. The normalized spacial score (nSPS) is 15.8. The Labute approximate surface area is 188 Å². The molecule has 8 nitrogen and oxygen atoms in total. The average molecular weight is 450 g/mol. The third-order valence-corrected chi connectivity index (χ3v) is 5.61. The first kappa shape index (κ1) is 22.2. The summed E-state index contributed by atoms with van der Waals surface area (Å²) in [5.41, 5.74) is 1.32. The molecule has 0 bridgehead atoms. The molecule has 1 aromatic heterocycles. The van der Waals surface area contributed by atoms with Gasteiger partial charge in [0.1, 0.15) is 11.9 Å². The van der Waals surface area contributed by atoms with Gasteiger partial charge in [-0.3, -0.25) is 19.7 Å². The van der Waals surface area contributed by atoms with Crippen molar-refractivity contribution in [3.05, 3.63) is 82.0 Å². The minimum Gasteiger partial charge on any atom is -0.338 e. The highest BCUT2D eigenvalue weighted by Gasteiger charge is 2.28. The van der Waals surface area contributed by atoms with E-state index in [1.807, 2.05) is 6.07 Å². The Bertz CT molecular complexity index is 1270. The third kappa shape index (κ3) is 5.25. The van der Waals surface area contributed by atoms with Gasteiger partial charge >= 0.3 is 6.03 Å².